The molecule has 1 unspecified atom stereocenters. The molecular formula is C14H17ClN2O3. The van der Waals surface area contributed by atoms with Gasteiger partial charge in [-0.1, -0.05) is 11.6 Å². The van der Waals surface area contributed by atoms with Crippen LogP contribution < -0.4 is 10.1 Å². The van der Waals surface area contributed by atoms with Crippen molar-refractivity contribution in [3.63, 3.8) is 0 Å². The van der Waals surface area contributed by atoms with E-state index in [2.05, 4.69) is 10.3 Å². The van der Waals surface area contributed by atoms with Gasteiger partial charge in [0.2, 0.25) is 0 Å². The van der Waals surface area contributed by atoms with E-state index < -0.39 is 5.60 Å². The predicted octanol–water partition coefficient (Wildman–Crippen LogP) is 1.27. The minimum Gasteiger partial charge on any atom is -0.487 e. The Bertz CT molecular complexity index is 527. The maximum Gasteiger partial charge on any atom is 0.136 e. The van der Waals surface area contributed by atoms with Crippen molar-refractivity contribution in [1.82, 2.24) is 10.3 Å². The van der Waals surface area contributed by atoms with Crippen molar-refractivity contribution in [2.24, 2.45) is 0 Å². The van der Waals surface area contributed by atoms with Crippen LogP contribution in [0.4, 0.5) is 0 Å². The van der Waals surface area contributed by atoms with Crippen LogP contribution in [0.3, 0.4) is 0 Å². The second kappa shape index (κ2) is 4.84. The van der Waals surface area contributed by atoms with Crippen LogP contribution in [0.1, 0.15) is 17.7 Å². The average molecular weight is 297 g/mol. The van der Waals surface area contributed by atoms with Crippen LogP contribution >= 0.6 is 11.6 Å². The lowest BCUT2D eigenvalue weighted by molar-refractivity contribution is -0.0672. The first-order valence-electron chi connectivity index (χ1n) is 7.06. The molecule has 5 nitrogen and oxygen atoms in total. The Hall–Kier alpha value is -0.880. The molecule has 3 aliphatic rings. The van der Waals surface area contributed by atoms with Gasteiger partial charge in [-0.3, -0.25) is 0 Å². The second-order valence-electron chi connectivity index (χ2n) is 5.56. The summed E-state index contributed by atoms with van der Waals surface area (Å²) in [5, 5.41) is 3.67. The number of aromatic nitrogens is 1. The molecule has 4 rings (SSSR count). The number of fused-ring (bicyclic) bond motifs is 2. The highest BCUT2D eigenvalue weighted by Crippen LogP contribution is 2.42. The van der Waals surface area contributed by atoms with Gasteiger partial charge in [0.25, 0.3) is 0 Å². The van der Waals surface area contributed by atoms with Gasteiger partial charge in [-0.25, -0.2) is 4.98 Å². The number of nitrogens with one attached hydrogen (secondary N) is 1. The molecule has 0 amide bonds. The Balaban J connectivity index is 1.75. The molecule has 4 heterocycles. The van der Waals surface area contributed by atoms with Crippen molar-refractivity contribution in [1.29, 1.82) is 0 Å². The largest absolute Gasteiger partial charge is 0.487 e. The van der Waals surface area contributed by atoms with Crippen molar-refractivity contribution in [3.05, 3.63) is 22.5 Å². The Kier molecular flexibility index (Phi) is 3.11. The van der Waals surface area contributed by atoms with Crippen LogP contribution in [0.2, 0.25) is 5.15 Å². The van der Waals surface area contributed by atoms with Crippen LogP contribution in [0.15, 0.2) is 6.07 Å². The zero-order valence-electron chi connectivity index (χ0n) is 11.2. The van der Waals surface area contributed by atoms with Gasteiger partial charge in [-0.2, -0.15) is 0 Å². The molecular weight excluding hydrogens is 280 g/mol. The predicted molar refractivity (Wildman–Crippen MR) is 73.3 cm³/mol. The third-order valence-corrected chi connectivity index (χ3v) is 4.43. The lowest BCUT2D eigenvalue weighted by Crippen LogP contribution is -2.50. The summed E-state index contributed by atoms with van der Waals surface area (Å²) < 4.78 is 17.6. The van der Waals surface area contributed by atoms with E-state index in [9.17, 15) is 0 Å². The minimum absolute atomic E-state index is 0.233. The van der Waals surface area contributed by atoms with E-state index in [1.807, 2.05) is 6.07 Å². The molecule has 1 aromatic rings. The maximum atomic E-state index is 6.18. The molecule has 108 valence electrons. The summed E-state index contributed by atoms with van der Waals surface area (Å²) in [7, 11) is 0. The normalized spacial score (nSPS) is 29.2. The number of halogens is 1. The molecule has 1 aromatic heterocycles. The number of nitrogens with zero attached hydrogens (tertiary/aromatic N) is 1. The van der Waals surface area contributed by atoms with E-state index in [-0.39, 0.29) is 6.10 Å². The fourth-order valence-electron chi connectivity index (χ4n) is 3.03. The molecule has 0 radical (unpaired) electrons. The zero-order chi connectivity index (χ0) is 13.6. The minimum atomic E-state index is -0.422. The Labute approximate surface area is 122 Å². The van der Waals surface area contributed by atoms with Gasteiger partial charge in [-0.05, 0) is 0 Å². The molecule has 20 heavy (non-hydrogen) atoms. The molecule has 2 fully saturated rings. The first kappa shape index (κ1) is 12.8. The highest BCUT2D eigenvalue weighted by atomic mass is 35.5. The number of pyridine rings is 1. The fraction of sp³-hybridized carbons (Fsp3) is 0.643. The highest BCUT2D eigenvalue weighted by molar-refractivity contribution is 6.29. The van der Waals surface area contributed by atoms with E-state index >= 15 is 0 Å². The van der Waals surface area contributed by atoms with E-state index in [4.69, 9.17) is 25.8 Å². The van der Waals surface area contributed by atoms with Crippen molar-refractivity contribution in [2.45, 2.75) is 24.5 Å². The van der Waals surface area contributed by atoms with Crippen LogP contribution in [-0.2, 0) is 21.5 Å². The van der Waals surface area contributed by atoms with Crippen molar-refractivity contribution >= 4 is 11.6 Å². The van der Waals surface area contributed by atoms with Crippen molar-refractivity contribution in [3.8, 4) is 5.75 Å². The lowest BCUT2D eigenvalue weighted by Gasteiger charge is -2.36. The standard InChI is InChI=1S/C14H17ClN2O3/c15-12-5-11(20-9-6-16-7-9)10-1-3-19-14(13(10)17-12)2-4-18-8-14/h5,9,16H,1-4,6-8H2. The van der Waals surface area contributed by atoms with Crippen LogP contribution in [-0.4, -0.2) is 44.0 Å². The first-order valence-corrected chi connectivity index (χ1v) is 7.44. The van der Waals surface area contributed by atoms with Gasteiger partial charge in [-0.15, -0.1) is 0 Å². The van der Waals surface area contributed by atoms with E-state index in [0.717, 1.165) is 42.9 Å². The number of rotatable bonds is 2. The van der Waals surface area contributed by atoms with Gasteiger partial charge in [0, 0.05) is 44.2 Å². The van der Waals surface area contributed by atoms with Gasteiger partial charge in [0.15, 0.2) is 0 Å². The van der Waals surface area contributed by atoms with E-state index in [1.54, 1.807) is 0 Å². The van der Waals surface area contributed by atoms with Gasteiger partial charge >= 0.3 is 0 Å². The molecule has 6 heteroatoms. The molecule has 1 atom stereocenters. The van der Waals surface area contributed by atoms with Gasteiger partial charge in [0.05, 0.1) is 18.9 Å². The van der Waals surface area contributed by atoms with Gasteiger partial charge in [0.1, 0.15) is 22.6 Å². The van der Waals surface area contributed by atoms with Crippen LogP contribution in [0, 0.1) is 0 Å². The Morgan fingerprint density at radius 3 is 3.00 bits per heavy atom. The van der Waals surface area contributed by atoms with Crippen LogP contribution in [0.5, 0.6) is 5.75 Å². The summed E-state index contributed by atoms with van der Waals surface area (Å²) in [6.07, 6.45) is 1.88. The summed E-state index contributed by atoms with van der Waals surface area (Å²) in [5.74, 6) is 0.862. The maximum absolute atomic E-state index is 6.18. The Morgan fingerprint density at radius 2 is 2.30 bits per heavy atom. The fourth-order valence-corrected chi connectivity index (χ4v) is 3.21. The SMILES string of the molecule is Clc1cc(OC2CNC2)c2c(n1)C1(CCOC1)OCC2. The first-order chi connectivity index (χ1) is 9.77. The monoisotopic (exact) mass is 296 g/mol. The third kappa shape index (κ3) is 2.00. The lowest BCUT2D eigenvalue weighted by atomic mass is 9.90. The second-order valence-corrected chi connectivity index (χ2v) is 5.95. The molecule has 0 aliphatic carbocycles. The topological polar surface area (TPSA) is 52.6 Å². The molecule has 3 aliphatic heterocycles. The quantitative estimate of drug-likeness (QED) is 0.833. The highest BCUT2D eigenvalue weighted by Gasteiger charge is 2.44. The Morgan fingerprint density at radius 1 is 1.40 bits per heavy atom. The van der Waals surface area contributed by atoms with Crippen LogP contribution in [0.25, 0.3) is 0 Å². The number of hydrogen-bond donors (Lipinski definition) is 1. The zero-order valence-corrected chi connectivity index (χ0v) is 11.9. The smallest absolute Gasteiger partial charge is 0.136 e. The third-order valence-electron chi connectivity index (χ3n) is 4.24. The van der Waals surface area contributed by atoms with E-state index in [1.165, 1.54) is 0 Å². The van der Waals surface area contributed by atoms with E-state index in [0.29, 0.717) is 25.0 Å². The number of hydrogen-bond acceptors (Lipinski definition) is 5. The summed E-state index contributed by atoms with van der Waals surface area (Å²) in [4.78, 5) is 4.53. The molecule has 0 bridgehead atoms. The van der Waals surface area contributed by atoms with Crippen molar-refractivity contribution in [2.75, 3.05) is 32.9 Å². The summed E-state index contributed by atoms with van der Waals surface area (Å²) in [6.45, 7) is 3.71. The van der Waals surface area contributed by atoms with Gasteiger partial charge < -0.3 is 19.5 Å². The summed E-state index contributed by atoms with van der Waals surface area (Å²) in [6, 6.07) is 1.83. The number of ether oxygens (including phenoxy) is 3. The molecule has 2 saturated heterocycles. The molecule has 1 N–H and O–H groups in total. The summed E-state index contributed by atoms with van der Waals surface area (Å²) in [5.41, 5.74) is 1.63. The molecule has 1 spiro atoms. The van der Waals surface area contributed by atoms with Crippen molar-refractivity contribution < 1.29 is 14.2 Å². The molecule has 0 saturated carbocycles. The summed E-state index contributed by atoms with van der Waals surface area (Å²) >= 11 is 6.18. The average Bonchev–Trinajstić information content (AvgIpc) is 2.84. The molecule has 0 aromatic carbocycles.